The van der Waals surface area contributed by atoms with E-state index in [0.717, 1.165) is 12.8 Å². The topological polar surface area (TPSA) is 81.4 Å². The van der Waals surface area contributed by atoms with Crippen molar-refractivity contribution in [1.29, 1.82) is 0 Å². The van der Waals surface area contributed by atoms with Gasteiger partial charge in [0.05, 0.1) is 11.9 Å². The monoisotopic (exact) mass is 222 g/mol. The number of rotatable bonds is 6. The summed E-state index contributed by atoms with van der Waals surface area (Å²) in [7, 11) is -3.17. The number of hydrogen-bond donors (Lipinski definition) is 2. The lowest BCUT2D eigenvalue weighted by molar-refractivity contribution is 0.127. The Bertz CT molecular complexity index is 247. The Morgan fingerprint density at radius 2 is 2.29 bits per heavy atom. The normalized spacial score (nSPS) is 22.8. The Morgan fingerprint density at radius 3 is 2.86 bits per heavy atom. The maximum Gasteiger partial charge on any atom is 0.214 e. The van der Waals surface area contributed by atoms with Gasteiger partial charge in [0.15, 0.2) is 0 Å². The molecule has 1 aliphatic heterocycles. The van der Waals surface area contributed by atoms with Crippen molar-refractivity contribution < 1.29 is 13.2 Å². The van der Waals surface area contributed by atoms with Gasteiger partial charge in [-0.15, -0.1) is 0 Å². The minimum absolute atomic E-state index is 0.0809. The minimum atomic E-state index is -3.17. The highest BCUT2D eigenvalue weighted by molar-refractivity contribution is 7.89. The number of nitrogens with one attached hydrogen (secondary N) is 1. The molecule has 5 nitrogen and oxygen atoms in total. The van der Waals surface area contributed by atoms with Gasteiger partial charge in [0.2, 0.25) is 10.0 Å². The Morgan fingerprint density at radius 1 is 1.50 bits per heavy atom. The molecule has 0 spiro atoms. The fourth-order valence-electron chi connectivity index (χ4n) is 1.41. The molecule has 1 fully saturated rings. The summed E-state index contributed by atoms with van der Waals surface area (Å²) in [5, 5.41) is 0. The molecule has 3 N–H and O–H groups in total. The second-order valence-corrected chi connectivity index (χ2v) is 5.30. The highest BCUT2D eigenvalue weighted by Crippen LogP contribution is 2.13. The Kier molecular flexibility index (Phi) is 4.80. The van der Waals surface area contributed by atoms with E-state index >= 15 is 0 Å². The zero-order valence-electron chi connectivity index (χ0n) is 8.24. The van der Waals surface area contributed by atoms with E-state index in [9.17, 15) is 8.42 Å². The third kappa shape index (κ3) is 4.36. The SMILES string of the molecule is NCCCNS(=O)(=O)CC1CCCO1. The standard InChI is InChI=1S/C8H18N2O3S/c9-4-2-5-10-14(11,12)7-8-3-1-6-13-8/h8,10H,1-7,9H2. The van der Waals surface area contributed by atoms with Crippen LogP contribution in [0.1, 0.15) is 19.3 Å². The van der Waals surface area contributed by atoms with Crippen LogP contribution in [-0.2, 0) is 14.8 Å². The molecule has 1 aliphatic rings. The van der Waals surface area contributed by atoms with Gasteiger partial charge in [-0.3, -0.25) is 0 Å². The minimum Gasteiger partial charge on any atom is -0.377 e. The van der Waals surface area contributed by atoms with E-state index in [1.807, 2.05) is 0 Å². The average molecular weight is 222 g/mol. The molecule has 1 heterocycles. The summed E-state index contributed by atoms with van der Waals surface area (Å²) in [6.07, 6.45) is 2.36. The van der Waals surface area contributed by atoms with Gasteiger partial charge in [0.25, 0.3) is 0 Å². The van der Waals surface area contributed by atoms with Crippen molar-refractivity contribution in [1.82, 2.24) is 4.72 Å². The summed E-state index contributed by atoms with van der Waals surface area (Å²) >= 11 is 0. The van der Waals surface area contributed by atoms with Crippen LogP contribution in [0.25, 0.3) is 0 Å². The van der Waals surface area contributed by atoms with E-state index in [4.69, 9.17) is 10.5 Å². The zero-order chi connectivity index (χ0) is 10.4. The first-order chi connectivity index (χ1) is 6.64. The molecule has 0 aliphatic carbocycles. The van der Waals surface area contributed by atoms with Gasteiger partial charge < -0.3 is 10.5 Å². The fraction of sp³-hybridized carbons (Fsp3) is 1.00. The first-order valence-corrected chi connectivity index (χ1v) is 6.58. The van der Waals surface area contributed by atoms with Crippen LogP contribution in [-0.4, -0.2) is 40.0 Å². The lowest BCUT2D eigenvalue weighted by Gasteiger charge is -2.10. The third-order valence-corrected chi connectivity index (χ3v) is 3.59. The van der Waals surface area contributed by atoms with Crippen molar-refractivity contribution in [3.63, 3.8) is 0 Å². The molecule has 84 valence electrons. The van der Waals surface area contributed by atoms with Crippen LogP contribution in [0.3, 0.4) is 0 Å². The van der Waals surface area contributed by atoms with Gasteiger partial charge in [0, 0.05) is 13.2 Å². The molecule has 0 saturated carbocycles. The second kappa shape index (κ2) is 5.65. The highest BCUT2D eigenvalue weighted by Gasteiger charge is 2.22. The molecule has 0 amide bonds. The number of nitrogens with two attached hydrogens (primary N) is 1. The predicted octanol–water partition coefficient (Wildman–Crippen LogP) is -0.566. The molecule has 0 aromatic rings. The molecular formula is C8H18N2O3S. The second-order valence-electron chi connectivity index (χ2n) is 3.45. The smallest absolute Gasteiger partial charge is 0.214 e. The molecule has 0 aromatic carbocycles. The Hall–Kier alpha value is -0.170. The van der Waals surface area contributed by atoms with Crippen molar-refractivity contribution in [2.24, 2.45) is 5.73 Å². The van der Waals surface area contributed by atoms with E-state index in [0.29, 0.717) is 26.1 Å². The maximum atomic E-state index is 11.4. The van der Waals surface area contributed by atoms with Gasteiger partial charge in [0.1, 0.15) is 0 Å². The number of sulfonamides is 1. The van der Waals surface area contributed by atoms with Crippen molar-refractivity contribution in [2.75, 3.05) is 25.4 Å². The van der Waals surface area contributed by atoms with Gasteiger partial charge >= 0.3 is 0 Å². The molecule has 1 atom stereocenters. The molecule has 0 bridgehead atoms. The average Bonchev–Trinajstić information content (AvgIpc) is 2.56. The van der Waals surface area contributed by atoms with Crippen LogP contribution in [0.5, 0.6) is 0 Å². The van der Waals surface area contributed by atoms with Crippen LogP contribution in [0.15, 0.2) is 0 Å². The van der Waals surface area contributed by atoms with E-state index in [1.54, 1.807) is 0 Å². The van der Waals surface area contributed by atoms with Crippen LogP contribution in [0.2, 0.25) is 0 Å². The molecule has 6 heteroatoms. The predicted molar refractivity (Wildman–Crippen MR) is 54.4 cm³/mol. The van der Waals surface area contributed by atoms with Crippen molar-refractivity contribution in [3.8, 4) is 0 Å². The van der Waals surface area contributed by atoms with E-state index < -0.39 is 10.0 Å². The van der Waals surface area contributed by atoms with Gasteiger partial charge in [-0.25, -0.2) is 13.1 Å². The van der Waals surface area contributed by atoms with Crippen molar-refractivity contribution in [3.05, 3.63) is 0 Å². The highest BCUT2D eigenvalue weighted by atomic mass is 32.2. The summed E-state index contributed by atoms with van der Waals surface area (Å²) < 4.78 is 30.6. The number of hydrogen-bond acceptors (Lipinski definition) is 4. The maximum absolute atomic E-state index is 11.4. The van der Waals surface area contributed by atoms with Crippen LogP contribution >= 0.6 is 0 Å². The van der Waals surface area contributed by atoms with Gasteiger partial charge in [-0.05, 0) is 25.8 Å². The first kappa shape index (κ1) is 11.9. The largest absolute Gasteiger partial charge is 0.377 e. The van der Waals surface area contributed by atoms with E-state index in [-0.39, 0.29) is 11.9 Å². The Labute approximate surface area is 85.1 Å². The van der Waals surface area contributed by atoms with Crippen molar-refractivity contribution >= 4 is 10.0 Å². The summed E-state index contributed by atoms with van der Waals surface area (Å²) in [6.45, 7) is 1.61. The molecule has 14 heavy (non-hydrogen) atoms. The number of ether oxygens (including phenoxy) is 1. The van der Waals surface area contributed by atoms with E-state index in [1.165, 1.54) is 0 Å². The quantitative estimate of drug-likeness (QED) is 0.590. The molecule has 1 saturated heterocycles. The fourth-order valence-corrected chi connectivity index (χ4v) is 2.73. The molecule has 1 unspecified atom stereocenters. The van der Waals surface area contributed by atoms with Crippen LogP contribution in [0, 0.1) is 0 Å². The first-order valence-electron chi connectivity index (χ1n) is 4.93. The molecule has 0 aromatic heterocycles. The van der Waals surface area contributed by atoms with Crippen LogP contribution < -0.4 is 10.5 Å². The third-order valence-electron chi connectivity index (χ3n) is 2.13. The van der Waals surface area contributed by atoms with Gasteiger partial charge in [-0.1, -0.05) is 0 Å². The molecule has 0 radical (unpaired) electrons. The summed E-state index contributed by atoms with van der Waals surface area (Å²) in [4.78, 5) is 0. The summed E-state index contributed by atoms with van der Waals surface area (Å²) in [6, 6.07) is 0. The summed E-state index contributed by atoms with van der Waals surface area (Å²) in [5.41, 5.74) is 5.26. The molecule has 1 rings (SSSR count). The van der Waals surface area contributed by atoms with E-state index in [2.05, 4.69) is 4.72 Å². The summed E-state index contributed by atoms with van der Waals surface area (Å²) in [5.74, 6) is 0.0809. The van der Waals surface area contributed by atoms with Gasteiger partial charge in [-0.2, -0.15) is 0 Å². The van der Waals surface area contributed by atoms with Crippen LogP contribution in [0.4, 0.5) is 0 Å². The Balaban J connectivity index is 2.26. The zero-order valence-corrected chi connectivity index (χ0v) is 9.05. The lowest BCUT2D eigenvalue weighted by Crippen LogP contribution is -2.33. The van der Waals surface area contributed by atoms with Crippen molar-refractivity contribution in [2.45, 2.75) is 25.4 Å². The lowest BCUT2D eigenvalue weighted by atomic mass is 10.3. The molecular weight excluding hydrogens is 204 g/mol.